The van der Waals surface area contributed by atoms with Gasteiger partial charge < -0.3 is 19.1 Å². The largest absolute Gasteiger partial charge is 0.496 e. The zero-order valence-electron chi connectivity index (χ0n) is 19.1. The first-order valence-corrected chi connectivity index (χ1v) is 12.7. The molecule has 0 N–H and O–H groups in total. The number of carbonyl (C=O) groups excluding carboxylic acids is 1. The van der Waals surface area contributed by atoms with E-state index in [2.05, 4.69) is 0 Å². The summed E-state index contributed by atoms with van der Waals surface area (Å²) >= 11 is 0. The number of morpholine rings is 1. The Morgan fingerprint density at radius 2 is 1.94 bits per heavy atom. The molecule has 10 heteroatoms. The lowest BCUT2D eigenvalue weighted by molar-refractivity contribution is 0.0502. The molecule has 2 aromatic rings. The highest BCUT2D eigenvalue weighted by Crippen LogP contribution is 2.25. The molecule has 4 rings (SSSR count). The first kappa shape index (κ1) is 24.6. The van der Waals surface area contributed by atoms with Crippen LogP contribution in [0.25, 0.3) is 0 Å². The molecule has 2 aliphatic rings. The van der Waals surface area contributed by atoms with E-state index >= 15 is 0 Å². The van der Waals surface area contributed by atoms with Gasteiger partial charge in [0.25, 0.3) is 5.91 Å². The van der Waals surface area contributed by atoms with Gasteiger partial charge >= 0.3 is 0 Å². The third kappa shape index (κ3) is 5.41. The fourth-order valence-corrected chi connectivity index (χ4v) is 5.66. The van der Waals surface area contributed by atoms with E-state index in [1.165, 1.54) is 15.3 Å². The average Bonchev–Trinajstić information content (AvgIpc) is 3.37. The molecule has 2 fully saturated rings. The molecule has 0 saturated carbocycles. The third-order valence-corrected chi connectivity index (χ3v) is 7.96. The minimum atomic E-state index is -3.88. The lowest BCUT2D eigenvalue weighted by Crippen LogP contribution is -2.41. The van der Waals surface area contributed by atoms with Crippen molar-refractivity contribution in [2.75, 3.05) is 46.6 Å². The molecule has 8 nitrogen and oxygen atoms in total. The number of halogens is 1. The maximum atomic E-state index is 14.9. The number of ether oxygens (including phenoxy) is 3. The van der Waals surface area contributed by atoms with Gasteiger partial charge in [0.2, 0.25) is 10.0 Å². The summed E-state index contributed by atoms with van der Waals surface area (Å²) in [4.78, 5) is 15.0. The molecule has 34 heavy (non-hydrogen) atoms. The first-order valence-electron chi connectivity index (χ1n) is 11.3. The summed E-state index contributed by atoms with van der Waals surface area (Å²) in [5.74, 6) is -0.766. The highest BCUT2D eigenvalue weighted by Gasteiger charge is 2.30. The van der Waals surface area contributed by atoms with Gasteiger partial charge in [0.05, 0.1) is 36.9 Å². The number of rotatable bonds is 8. The van der Waals surface area contributed by atoms with E-state index in [0.29, 0.717) is 25.6 Å². The van der Waals surface area contributed by atoms with Gasteiger partial charge in [0.1, 0.15) is 11.6 Å². The summed E-state index contributed by atoms with van der Waals surface area (Å²) in [6, 6.07) is 10.7. The quantitative estimate of drug-likeness (QED) is 0.563. The number of para-hydroxylation sites is 1. The molecule has 1 unspecified atom stereocenters. The lowest BCUT2D eigenvalue weighted by atomic mass is 10.1. The molecule has 0 bridgehead atoms. The molecule has 2 aliphatic heterocycles. The molecular formula is C24H29FN2O6S. The van der Waals surface area contributed by atoms with Crippen LogP contribution < -0.4 is 4.74 Å². The second-order valence-electron chi connectivity index (χ2n) is 8.29. The molecule has 0 spiro atoms. The second kappa shape index (κ2) is 10.8. The van der Waals surface area contributed by atoms with Crippen LogP contribution in [0.3, 0.4) is 0 Å². The van der Waals surface area contributed by atoms with E-state index in [9.17, 15) is 17.6 Å². The van der Waals surface area contributed by atoms with E-state index in [0.717, 1.165) is 30.5 Å². The Kier molecular flexibility index (Phi) is 7.82. The van der Waals surface area contributed by atoms with Crippen LogP contribution in [0, 0.1) is 5.82 Å². The van der Waals surface area contributed by atoms with E-state index in [1.807, 2.05) is 18.2 Å². The van der Waals surface area contributed by atoms with Gasteiger partial charge in [-0.15, -0.1) is 0 Å². The first-order chi connectivity index (χ1) is 16.4. The SMILES string of the molecule is COc1ccccc1CN(CC1CCCO1)C(=O)c1cc(S(=O)(=O)N2CCOCC2)ccc1F. The van der Waals surface area contributed by atoms with Crippen LogP contribution in [-0.2, 0) is 26.0 Å². The van der Waals surface area contributed by atoms with E-state index in [4.69, 9.17) is 14.2 Å². The Morgan fingerprint density at radius 1 is 1.18 bits per heavy atom. The van der Waals surface area contributed by atoms with E-state index < -0.39 is 21.7 Å². The molecule has 184 valence electrons. The number of amides is 1. The van der Waals surface area contributed by atoms with Gasteiger partial charge in [-0.2, -0.15) is 4.31 Å². The fourth-order valence-electron chi connectivity index (χ4n) is 4.23. The number of nitrogens with zero attached hydrogens (tertiary/aromatic N) is 2. The minimum Gasteiger partial charge on any atom is -0.496 e. The van der Waals surface area contributed by atoms with Crippen molar-refractivity contribution < 1.29 is 31.8 Å². The zero-order chi connectivity index (χ0) is 24.1. The van der Waals surface area contributed by atoms with Crippen LogP contribution in [0.5, 0.6) is 5.75 Å². The van der Waals surface area contributed by atoms with Crippen molar-refractivity contribution in [3.8, 4) is 5.75 Å². The van der Waals surface area contributed by atoms with Crippen molar-refractivity contribution in [2.45, 2.75) is 30.4 Å². The Hall–Kier alpha value is -2.53. The maximum Gasteiger partial charge on any atom is 0.257 e. The van der Waals surface area contributed by atoms with Crippen molar-refractivity contribution in [2.24, 2.45) is 0 Å². The van der Waals surface area contributed by atoms with E-state index in [-0.39, 0.29) is 42.7 Å². The van der Waals surface area contributed by atoms with Gasteiger partial charge in [-0.3, -0.25) is 4.79 Å². The summed E-state index contributed by atoms with van der Waals surface area (Å²) in [5.41, 5.74) is 0.469. The summed E-state index contributed by atoms with van der Waals surface area (Å²) in [7, 11) is -2.33. The van der Waals surface area contributed by atoms with Gasteiger partial charge in [-0.05, 0) is 37.1 Å². The number of benzene rings is 2. The Bertz CT molecular complexity index is 1110. The minimum absolute atomic E-state index is 0.117. The summed E-state index contributed by atoms with van der Waals surface area (Å²) in [6.45, 7) is 2.05. The molecule has 2 saturated heterocycles. The summed E-state index contributed by atoms with van der Waals surface area (Å²) < 4.78 is 58.7. The number of hydrogen-bond donors (Lipinski definition) is 0. The smallest absolute Gasteiger partial charge is 0.257 e. The van der Waals surface area contributed by atoms with Crippen LogP contribution in [0.15, 0.2) is 47.4 Å². The second-order valence-corrected chi connectivity index (χ2v) is 10.2. The van der Waals surface area contributed by atoms with Crippen molar-refractivity contribution >= 4 is 15.9 Å². The van der Waals surface area contributed by atoms with Gasteiger partial charge in [-0.25, -0.2) is 12.8 Å². The van der Waals surface area contributed by atoms with Crippen LogP contribution in [0.2, 0.25) is 0 Å². The van der Waals surface area contributed by atoms with Crippen molar-refractivity contribution in [1.29, 1.82) is 0 Å². The van der Waals surface area contributed by atoms with Crippen LogP contribution in [0.4, 0.5) is 4.39 Å². The molecule has 1 amide bonds. The van der Waals surface area contributed by atoms with Crippen LogP contribution >= 0.6 is 0 Å². The Morgan fingerprint density at radius 3 is 2.65 bits per heavy atom. The highest BCUT2D eigenvalue weighted by atomic mass is 32.2. The molecule has 0 aliphatic carbocycles. The predicted molar refractivity (Wildman–Crippen MR) is 123 cm³/mol. The molecule has 0 aromatic heterocycles. The number of methoxy groups -OCH3 is 1. The Labute approximate surface area is 199 Å². The predicted octanol–water partition coefficient (Wildman–Crippen LogP) is 2.68. The molecule has 0 radical (unpaired) electrons. The third-order valence-electron chi connectivity index (χ3n) is 6.07. The summed E-state index contributed by atoms with van der Waals surface area (Å²) in [5, 5.41) is 0. The number of carbonyl (C=O) groups is 1. The van der Waals surface area contributed by atoms with Gasteiger partial charge in [0, 0.05) is 38.3 Å². The van der Waals surface area contributed by atoms with Crippen molar-refractivity contribution in [3.63, 3.8) is 0 Å². The topological polar surface area (TPSA) is 85.4 Å². The normalized spacial score (nSPS) is 19.2. The van der Waals surface area contributed by atoms with Crippen molar-refractivity contribution in [3.05, 3.63) is 59.4 Å². The monoisotopic (exact) mass is 492 g/mol. The Balaban J connectivity index is 1.65. The van der Waals surface area contributed by atoms with Crippen LogP contribution in [-0.4, -0.2) is 76.2 Å². The van der Waals surface area contributed by atoms with Gasteiger partial charge in [-0.1, -0.05) is 18.2 Å². The lowest BCUT2D eigenvalue weighted by Gasteiger charge is -2.28. The number of sulfonamides is 1. The standard InChI is InChI=1S/C24H29FN2O6S/c1-31-23-7-3-2-5-18(23)16-26(17-19-6-4-12-33-19)24(28)21-15-20(8-9-22(21)25)34(29,30)27-10-13-32-14-11-27/h2-3,5,7-9,15,19H,4,6,10-14,16-17H2,1H3. The molecule has 2 heterocycles. The summed E-state index contributed by atoms with van der Waals surface area (Å²) in [6.07, 6.45) is 1.52. The molecular weight excluding hydrogens is 463 g/mol. The van der Waals surface area contributed by atoms with E-state index in [1.54, 1.807) is 13.2 Å². The number of hydrogen-bond acceptors (Lipinski definition) is 6. The fraction of sp³-hybridized carbons (Fsp3) is 0.458. The maximum absolute atomic E-state index is 14.9. The van der Waals surface area contributed by atoms with Crippen molar-refractivity contribution in [1.82, 2.24) is 9.21 Å². The average molecular weight is 493 g/mol. The molecule has 1 atom stereocenters. The highest BCUT2D eigenvalue weighted by molar-refractivity contribution is 7.89. The van der Waals surface area contributed by atoms with Gasteiger partial charge in [0.15, 0.2) is 0 Å². The zero-order valence-corrected chi connectivity index (χ0v) is 19.9. The van der Waals surface area contributed by atoms with Crippen LogP contribution in [0.1, 0.15) is 28.8 Å². The molecule has 2 aromatic carbocycles.